The summed E-state index contributed by atoms with van der Waals surface area (Å²) in [6.07, 6.45) is 0. The largest absolute Gasteiger partial charge is 0.309 e. The highest BCUT2D eigenvalue weighted by Gasteiger charge is 2.29. The summed E-state index contributed by atoms with van der Waals surface area (Å²) in [5.41, 5.74) is 0.788. The fourth-order valence-corrected chi connectivity index (χ4v) is 3.40. The third-order valence-electron chi connectivity index (χ3n) is 2.62. The zero-order valence-corrected chi connectivity index (χ0v) is 12.2. The van der Waals surface area contributed by atoms with E-state index in [0.717, 1.165) is 22.8 Å². The lowest BCUT2D eigenvalue weighted by molar-refractivity contribution is 0.0907. The Morgan fingerprint density at radius 2 is 2.18 bits per heavy atom. The van der Waals surface area contributed by atoms with Gasteiger partial charge in [-0.25, -0.2) is 0 Å². The number of fused-ring (bicyclic) bond motifs is 1. The summed E-state index contributed by atoms with van der Waals surface area (Å²) < 4.78 is 0. The van der Waals surface area contributed by atoms with E-state index in [1.807, 2.05) is 32.3 Å². The summed E-state index contributed by atoms with van der Waals surface area (Å²) in [6, 6.07) is 5.56. The molecule has 0 spiro atoms. The van der Waals surface area contributed by atoms with Gasteiger partial charge in [0.1, 0.15) is 0 Å². The first kappa shape index (κ1) is 14.8. The van der Waals surface area contributed by atoms with Crippen molar-refractivity contribution < 1.29 is 4.79 Å². The van der Waals surface area contributed by atoms with Crippen molar-refractivity contribution in [2.24, 2.45) is 5.92 Å². The van der Waals surface area contributed by atoms with Gasteiger partial charge in [-0.1, -0.05) is 23.7 Å². The Balaban J connectivity index is 0.00000144. The summed E-state index contributed by atoms with van der Waals surface area (Å²) in [4.78, 5) is 15.2. The molecule has 0 bridgehead atoms. The maximum absolute atomic E-state index is 12.2. The lowest BCUT2D eigenvalue weighted by atomic mass is 9.98. The fraction of sp³-hybridized carbons (Fsp3) is 0.417. The number of hydrogen-bond donors (Lipinski definition) is 0. The molecule has 1 atom stereocenters. The number of nitrogens with zero attached hydrogens (tertiary/aromatic N) is 1. The summed E-state index contributed by atoms with van der Waals surface area (Å²) >= 11 is 7.77. The number of carbonyl (C=O) groups excluding carboxylic acids is 1. The molecule has 1 aliphatic heterocycles. The Labute approximate surface area is 117 Å². The van der Waals surface area contributed by atoms with Gasteiger partial charge in [0, 0.05) is 28.7 Å². The second kappa shape index (κ2) is 6.10. The van der Waals surface area contributed by atoms with Crippen molar-refractivity contribution in [1.82, 2.24) is 4.90 Å². The van der Waals surface area contributed by atoms with Gasteiger partial charge in [0.25, 0.3) is 0 Å². The smallest absolute Gasteiger partial charge is 0.169 e. The first-order valence-corrected chi connectivity index (χ1v) is 6.56. The number of ketones is 1. The normalized spacial score (nSPS) is 18.8. The van der Waals surface area contributed by atoms with Crippen LogP contribution in [-0.2, 0) is 0 Å². The van der Waals surface area contributed by atoms with Gasteiger partial charge in [0.05, 0.1) is 5.02 Å². The molecule has 1 aliphatic rings. The summed E-state index contributed by atoms with van der Waals surface area (Å²) in [5, 5.41) is 0.694. The van der Waals surface area contributed by atoms with Crippen LogP contribution in [0.25, 0.3) is 0 Å². The Hall–Kier alpha value is -0.220. The van der Waals surface area contributed by atoms with Crippen molar-refractivity contribution in [3.63, 3.8) is 0 Å². The van der Waals surface area contributed by atoms with E-state index in [9.17, 15) is 4.79 Å². The second-order valence-electron chi connectivity index (χ2n) is 4.25. The van der Waals surface area contributed by atoms with E-state index in [1.54, 1.807) is 11.8 Å². The third kappa shape index (κ3) is 3.16. The van der Waals surface area contributed by atoms with E-state index >= 15 is 0 Å². The van der Waals surface area contributed by atoms with E-state index in [1.165, 1.54) is 0 Å². The van der Waals surface area contributed by atoms with E-state index in [4.69, 9.17) is 11.6 Å². The van der Waals surface area contributed by atoms with E-state index < -0.39 is 0 Å². The molecule has 17 heavy (non-hydrogen) atoms. The summed E-state index contributed by atoms with van der Waals surface area (Å²) in [5.74, 6) is 1.14. The summed E-state index contributed by atoms with van der Waals surface area (Å²) in [6.45, 7) is 0.803. The van der Waals surface area contributed by atoms with Gasteiger partial charge in [-0.3, -0.25) is 4.79 Å². The Bertz CT molecular complexity index is 423. The van der Waals surface area contributed by atoms with Crippen LogP contribution in [0, 0.1) is 5.92 Å². The minimum Gasteiger partial charge on any atom is -0.309 e. The Morgan fingerprint density at radius 3 is 2.82 bits per heavy atom. The number of hydrogen-bond acceptors (Lipinski definition) is 3. The zero-order valence-electron chi connectivity index (χ0n) is 9.77. The number of halogens is 2. The third-order valence-corrected chi connectivity index (χ3v) is 4.34. The van der Waals surface area contributed by atoms with Gasteiger partial charge in [-0.05, 0) is 20.2 Å². The number of carbonyl (C=O) groups is 1. The van der Waals surface area contributed by atoms with Crippen LogP contribution in [0.5, 0.6) is 0 Å². The molecule has 1 aromatic rings. The molecule has 2 rings (SSSR count). The van der Waals surface area contributed by atoms with E-state index in [0.29, 0.717) is 5.02 Å². The molecule has 1 heterocycles. The Kier molecular flexibility index (Phi) is 5.32. The number of benzene rings is 1. The lowest BCUT2D eigenvalue weighted by Gasteiger charge is -2.25. The van der Waals surface area contributed by atoms with Crippen LogP contribution in [0.4, 0.5) is 0 Å². The molecular weight excluding hydrogens is 277 g/mol. The molecule has 5 heteroatoms. The van der Waals surface area contributed by atoms with Crippen molar-refractivity contribution >= 4 is 41.6 Å². The van der Waals surface area contributed by atoms with E-state index in [2.05, 4.69) is 4.90 Å². The van der Waals surface area contributed by atoms with Crippen LogP contribution in [0.15, 0.2) is 23.1 Å². The highest BCUT2D eigenvalue weighted by Crippen LogP contribution is 2.37. The first-order valence-electron chi connectivity index (χ1n) is 5.20. The van der Waals surface area contributed by atoms with Crippen molar-refractivity contribution in [3.8, 4) is 0 Å². The van der Waals surface area contributed by atoms with Crippen LogP contribution in [-0.4, -0.2) is 37.1 Å². The molecule has 0 aromatic heterocycles. The molecule has 1 unspecified atom stereocenters. The van der Waals surface area contributed by atoms with Crippen LogP contribution >= 0.6 is 35.8 Å². The van der Waals surface area contributed by atoms with Gasteiger partial charge >= 0.3 is 0 Å². The number of Topliss-reactive ketones (excluding diaryl/α,β-unsaturated/α-hetero) is 1. The molecule has 0 radical (unpaired) electrons. The molecule has 0 N–H and O–H groups in total. The minimum absolute atomic E-state index is 0. The molecule has 0 amide bonds. The molecule has 94 valence electrons. The molecular formula is C12H15Cl2NOS. The van der Waals surface area contributed by atoms with Crippen LogP contribution in [0.1, 0.15) is 10.4 Å². The number of rotatable bonds is 2. The average Bonchev–Trinajstić information content (AvgIpc) is 2.23. The predicted octanol–water partition coefficient (Wildman–Crippen LogP) is 3.23. The Morgan fingerprint density at radius 1 is 1.47 bits per heavy atom. The SMILES string of the molecule is CN(C)CC1CSc2c(Cl)cccc2C1=O.Cl. The number of thioether (sulfide) groups is 1. The first-order chi connectivity index (χ1) is 7.59. The van der Waals surface area contributed by atoms with Crippen LogP contribution in [0.3, 0.4) is 0 Å². The molecule has 0 aliphatic carbocycles. The topological polar surface area (TPSA) is 20.3 Å². The standard InChI is InChI=1S/C12H14ClNOS.ClH/c1-14(2)6-8-7-16-12-9(11(8)15)4-3-5-10(12)13;/h3-5,8H,6-7H2,1-2H3;1H. The molecule has 0 fully saturated rings. The van der Waals surface area contributed by atoms with E-state index in [-0.39, 0.29) is 24.1 Å². The van der Waals surface area contributed by atoms with Gasteiger partial charge in [-0.2, -0.15) is 0 Å². The predicted molar refractivity (Wildman–Crippen MR) is 75.8 cm³/mol. The van der Waals surface area contributed by atoms with Crippen LogP contribution in [0.2, 0.25) is 5.02 Å². The molecule has 1 aromatic carbocycles. The highest BCUT2D eigenvalue weighted by atomic mass is 35.5. The van der Waals surface area contributed by atoms with Crippen molar-refractivity contribution in [2.75, 3.05) is 26.4 Å². The van der Waals surface area contributed by atoms with Gasteiger partial charge < -0.3 is 4.90 Å². The average molecular weight is 292 g/mol. The zero-order chi connectivity index (χ0) is 11.7. The van der Waals surface area contributed by atoms with Gasteiger partial charge in [-0.15, -0.1) is 24.2 Å². The second-order valence-corrected chi connectivity index (χ2v) is 5.69. The molecule has 2 nitrogen and oxygen atoms in total. The maximum atomic E-state index is 12.2. The van der Waals surface area contributed by atoms with Gasteiger partial charge in [0.2, 0.25) is 0 Å². The molecule has 0 saturated heterocycles. The quantitative estimate of drug-likeness (QED) is 0.834. The van der Waals surface area contributed by atoms with Crippen molar-refractivity contribution in [3.05, 3.63) is 28.8 Å². The fourth-order valence-electron chi connectivity index (χ4n) is 1.91. The van der Waals surface area contributed by atoms with Gasteiger partial charge in [0.15, 0.2) is 5.78 Å². The highest BCUT2D eigenvalue weighted by molar-refractivity contribution is 7.99. The maximum Gasteiger partial charge on any atom is 0.169 e. The summed E-state index contributed by atoms with van der Waals surface area (Å²) in [7, 11) is 3.98. The minimum atomic E-state index is 0. The van der Waals surface area contributed by atoms with Crippen molar-refractivity contribution in [1.29, 1.82) is 0 Å². The van der Waals surface area contributed by atoms with Crippen LogP contribution < -0.4 is 0 Å². The monoisotopic (exact) mass is 291 g/mol. The lowest BCUT2D eigenvalue weighted by Crippen LogP contribution is -2.32. The molecule has 0 saturated carbocycles. The van der Waals surface area contributed by atoms with Crippen molar-refractivity contribution in [2.45, 2.75) is 4.90 Å².